The Morgan fingerprint density at radius 2 is 1.67 bits per heavy atom. The van der Waals surface area contributed by atoms with Gasteiger partial charge in [-0.2, -0.15) is 0 Å². The van der Waals surface area contributed by atoms with Crippen LogP contribution < -0.4 is 14.2 Å². The average Bonchev–Trinajstić information content (AvgIpc) is 3.48. The Kier molecular flexibility index (Phi) is 6.93. The molecule has 0 fully saturated rings. The highest BCUT2D eigenvalue weighted by Crippen LogP contribution is 2.38. The van der Waals surface area contributed by atoms with Gasteiger partial charge in [-0.3, -0.25) is 9.29 Å². The SMILES string of the molecule is COc1cccc(OC)c1-n1c(NS(=O)(=O)[C@@H](C)[C@@H](C)c2ncc(F)cn2)nnc1-c1ccc(C)o1. The van der Waals surface area contributed by atoms with Crippen LogP contribution in [0.1, 0.15) is 31.4 Å². The van der Waals surface area contributed by atoms with Crippen LogP contribution in [-0.2, 0) is 10.0 Å². The maximum atomic E-state index is 13.4. The largest absolute Gasteiger partial charge is 0.494 e. The van der Waals surface area contributed by atoms with Gasteiger partial charge in [-0.25, -0.2) is 22.8 Å². The van der Waals surface area contributed by atoms with Crippen LogP contribution in [-0.4, -0.2) is 52.6 Å². The molecule has 0 spiro atoms. The maximum Gasteiger partial charge on any atom is 0.243 e. The summed E-state index contributed by atoms with van der Waals surface area (Å²) in [6.07, 6.45) is 1.99. The minimum absolute atomic E-state index is 0.110. The van der Waals surface area contributed by atoms with Gasteiger partial charge in [0.25, 0.3) is 0 Å². The molecule has 13 heteroatoms. The molecule has 3 aromatic heterocycles. The van der Waals surface area contributed by atoms with E-state index in [1.54, 1.807) is 44.2 Å². The second-order valence-corrected chi connectivity index (χ2v) is 10.0. The summed E-state index contributed by atoms with van der Waals surface area (Å²) in [6, 6.07) is 8.59. The van der Waals surface area contributed by atoms with Gasteiger partial charge in [-0.05, 0) is 38.1 Å². The van der Waals surface area contributed by atoms with Crippen LogP contribution in [0.3, 0.4) is 0 Å². The molecule has 0 bridgehead atoms. The van der Waals surface area contributed by atoms with Crippen molar-refractivity contribution in [2.75, 3.05) is 18.9 Å². The molecule has 4 rings (SSSR count). The van der Waals surface area contributed by atoms with Crippen molar-refractivity contribution in [3.05, 3.63) is 60.1 Å². The number of nitrogens with one attached hydrogen (secondary N) is 1. The Morgan fingerprint density at radius 1 is 1.03 bits per heavy atom. The summed E-state index contributed by atoms with van der Waals surface area (Å²) in [6.45, 7) is 4.92. The molecule has 0 saturated carbocycles. The van der Waals surface area contributed by atoms with E-state index in [1.165, 1.54) is 25.7 Å². The molecule has 0 saturated heterocycles. The van der Waals surface area contributed by atoms with Crippen LogP contribution in [0.15, 0.2) is 47.1 Å². The van der Waals surface area contributed by atoms with Gasteiger partial charge < -0.3 is 13.9 Å². The minimum Gasteiger partial charge on any atom is -0.494 e. The molecule has 0 amide bonds. The molecule has 2 atom stereocenters. The Balaban J connectivity index is 1.81. The summed E-state index contributed by atoms with van der Waals surface area (Å²) in [5, 5.41) is 7.30. The van der Waals surface area contributed by atoms with Crippen molar-refractivity contribution in [2.45, 2.75) is 31.9 Å². The number of benzene rings is 1. The molecule has 0 aliphatic carbocycles. The maximum absolute atomic E-state index is 13.4. The van der Waals surface area contributed by atoms with E-state index in [9.17, 15) is 12.8 Å². The molecule has 1 aromatic carbocycles. The Labute approximate surface area is 207 Å². The molecule has 0 aliphatic rings. The van der Waals surface area contributed by atoms with Crippen LogP contribution >= 0.6 is 0 Å². The summed E-state index contributed by atoms with van der Waals surface area (Å²) in [7, 11) is -1.10. The fourth-order valence-corrected chi connectivity index (χ4v) is 4.82. The van der Waals surface area contributed by atoms with E-state index in [0.717, 1.165) is 12.4 Å². The first-order chi connectivity index (χ1) is 17.2. The van der Waals surface area contributed by atoms with Gasteiger partial charge in [0.05, 0.1) is 31.9 Å². The van der Waals surface area contributed by atoms with Crippen LogP contribution in [0, 0.1) is 12.7 Å². The summed E-state index contributed by atoms with van der Waals surface area (Å²) < 4.78 is 60.9. The van der Waals surface area contributed by atoms with Crippen molar-refractivity contribution in [1.29, 1.82) is 0 Å². The molecule has 3 heterocycles. The zero-order chi connectivity index (χ0) is 26.0. The first-order valence-electron chi connectivity index (χ1n) is 10.9. The van der Waals surface area contributed by atoms with Gasteiger partial charge >= 0.3 is 0 Å². The fraction of sp³-hybridized carbons (Fsp3) is 0.304. The third-order valence-electron chi connectivity index (χ3n) is 5.72. The number of furan rings is 1. The van der Waals surface area contributed by atoms with Crippen molar-refractivity contribution in [1.82, 2.24) is 24.7 Å². The smallest absolute Gasteiger partial charge is 0.243 e. The Bertz CT molecular complexity index is 1450. The fourth-order valence-electron chi connectivity index (χ4n) is 3.58. The highest BCUT2D eigenvalue weighted by Gasteiger charge is 2.32. The number of hydrogen-bond acceptors (Lipinski definition) is 9. The molecule has 1 N–H and O–H groups in total. The van der Waals surface area contributed by atoms with Crippen molar-refractivity contribution in [3.8, 4) is 28.8 Å². The normalized spacial score (nSPS) is 13.3. The van der Waals surface area contributed by atoms with Gasteiger partial charge in [0.1, 0.15) is 28.8 Å². The number of aryl methyl sites for hydroxylation is 1. The summed E-state index contributed by atoms with van der Waals surface area (Å²) in [5.41, 5.74) is 0.372. The number of para-hydroxylation sites is 1. The number of methoxy groups -OCH3 is 2. The highest BCUT2D eigenvalue weighted by molar-refractivity contribution is 7.93. The van der Waals surface area contributed by atoms with Gasteiger partial charge in [0.15, 0.2) is 11.6 Å². The van der Waals surface area contributed by atoms with Crippen molar-refractivity contribution in [3.63, 3.8) is 0 Å². The molecule has 36 heavy (non-hydrogen) atoms. The molecule has 0 radical (unpaired) electrons. The predicted octanol–water partition coefficient (Wildman–Crippen LogP) is 3.72. The molecular weight excluding hydrogens is 491 g/mol. The number of anilines is 1. The lowest BCUT2D eigenvalue weighted by molar-refractivity contribution is 0.391. The lowest BCUT2D eigenvalue weighted by atomic mass is 10.1. The first kappa shape index (κ1) is 25.1. The third-order valence-corrected chi connectivity index (χ3v) is 7.58. The van der Waals surface area contributed by atoms with E-state index in [1.807, 2.05) is 0 Å². The summed E-state index contributed by atoms with van der Waals surface area (Å²) in [5.74, 6) is 0.808. The molecule has 0 aliphatic heterocycles. The van der Waals surface area contributed by atoms with E-state index >= 15 is 0 Å². The molecular formula is C23H25FN6O5S. The number of nitrogens with zero attached hydrogens (tertiary/aromatic N) is 5. The van der Waals surface area contributed by atoms with Crippen molar-refractivity contribution in [2.24, 2.45) is 0 Å². The monoisotopic (exact) mass is 516 g/mol. The zero-order valence-electron chi connectivity index (χ0n) is 20.3. The third kappa shape index (κ3) is 4.73. The Morgan fingerprint density at radius 3 is 2.22 bits per heavy atom. The minimum atomic E-state index is -4.06. The van der Waals surface area contributed by atoms with E-state index in [0.29, 0.717) is 28.7 Å². The standard InChI is InChI=1S/C23H25FN6O5S/c1-13-9-10-19(35-13)22-27-28-23(30(22)20-17(33-4)7-6-8-18(20)34-5)29-36(31,32)15(3)14(2)21-25-11-16(24)12-26-21/h6-12,14-15H,1-5H3,(H,28,29)/t14-,15+/m1/s1. The number of sulfonamides is 1. The van der Waals surface area contributed by atoms with Crippen LogP contribution in [0.2, 0.25) is 0 Å². The van der Waals surface area contributed by atoms with E-state index in [4.69, 9.17) is 13.9 Å². The number of aromatic nitrogens is 5. The van der Waals surface area contributed by atoms with Gasteiger partial charge in [0.2, 0.25) is 21.8 Å². The lowest BCUT2D eigenvalue weighted by Crippen LogP contribution is -2.31. The quantitative estimate of drug-likeness (QED) is 0.353. The molecule has 0 unspecified atom stereocenters. The number of rotatable bonds is 9. The van der Waals surface area contributed by atoms with E-state index < -0.39 is 27.0 Å². The predicted molar refractivity (Wildman–Crippen MR) is 129 cm³/mol. The highest BCUT2D eigenvalue weighted by atomic mass is 32.2. The van der Waals surface area contributed by atoms with Gasteiger partial charge in [-0.15, -0.1) is 10.2 Å². The first-order valence-corrected chi connectivity index (χ1v) is 12.4. The van der Waals surface area contributed by atoms with Crippen LogP contribution in [0.25, 0.3) is 17.3 Å². The average molecular weight is 517 g/mol. The molecule has 190 valence electrons. The van der Waals surface area contributed by atoms with Gasteiger partial charge in [0, 0.05) is 5.92 Å². The summed E-state index contributed by atoms with van der Waals surface area (Å²) in [4.78, 5) is 7.84. The second-order valence-electron chi connectivity index (χ2n) is 8.00. The van der Waals surface area contributed by atoms with Crippen LogP contribution in [0.4, 0.5) is 10.3 Å². The topological polar surface area (TPSA) is 134 Å². The number of ether oxygens (including phenoxy) is 2. The van der Waals surface area contributed by atoms with Crippen molar-refractivity contribution < 1.29 is 26.7 Å². The molecule has 11 nitrogen and oxygen atoms in total. The second kappa shape index (κ2) is 9.93. The van der Waals surface area contributed by atoms with E-state index in [-0.39, 0.29) is 17.6 Å². The summed E-state index contributed by atoms with van der Waals surface area (Å²) >= 11 is 0. The number of hydrogen-bond donors (Lipinski definition) is 1. The zero-order valence-corrected chi connectivity index (χ0v) is 21.1. The van der Waals surface area contributed by atoms with E-state index in [2.05, 4.69) is 24.9 Å². The number of halogens is 1. The molecule has 4 aromatic rings. The van der Waals surface area contributed by atoms with Crippen LogP contribution in [0.5, 0.6) is 11.5 Å². The Hall–Kier alpha value is -4.00. The lowest BCUT2D eigenvalue weighted by Gasteiger charge is -2.21. The van der Waals surface area contributed by atoms with Gasteiger partial charge in [-0.1, -0.05) is 13.0 Å². The van der Waals surface area contributed by atoms with Crippen molar-refractivity contribution >= 4 is 16.0 Å².